The Hall–Kier alpha value is -1.51. The van der Waals surface area contributed by atoms with Crippen LogP contribution in [0.2, 0.25) is 0 Å². The fraction of sp³-hybridized carbons (Fsp3) is 0.632. The Morgan fingerprint density at radius 1 is 1.36 bits per heavy atom. The lowest BCUT2D eigenvalue weighted by atomic mass is 9.78. The minimum absolute atomic E-state index is 0.0665. The first-order chi connectivity index (χ1) is 10.2. The summed E-state index contributed by atoms with van der Waals surface area (Å²) in [6.07, 6.45) is 1.78. The number of aryl methyl sites for hydroxylation is 2. The highest BCUT2D eigenvalue weighted by Gasteiger charge is 2.42. The van der Waals surface area contributed by atoms with Crippen LogP contribution in [-0.2, 0) is 9.53 Å². The first kappa shape index (κ1) is 16.9. The van der Waals surface area contributed by atoms with E-state index in [0.717, 1.165) is 12.8 Å². The molecular formula is C19H29NO2. The van der Waals surface area contributed by atoms with Gasteiger partial charge in [-0.05, 0) is 69.2 Å². The fourth-order valence-corrected chi connectivity index (χ4v) is 3.89. The number of hydrogen-bond donors (Lipinski definition) is 0. The van der Waals surface area contributed by atoms with E-state index in [0.29, 0.717) is 5.92 Å². The second kappa shape index (κ2) is 5.94. The lowest BCUT2D eigenvalue weighted by Crippen LogP contribution is -2.56. The molecular weight excluding hydrogens is 274 g/mol. The zero-order valence-electron chi connectivity index (χ0n) is 15.0. The third-order valence-corrected chi connectivity index (χ3v) is 5.06. The van der Waals surface area contributed by atoms with E-state index in [-0.39, 0.29) is 17.6 Å². The smallest absolute Gasteiger partial charge is 0.328 e. The van der Waals surface area contributed by atoms with Crippen LogP contribution in [0.25, 0.3) is 0 Å². The molecule has 0 saturated carbocycles. The highest BCUT2D eigenvalue weighted by molar-refractivity contribution is 5.82. The van der Waals surface area contributed by atoms with Crippen LogP contribution in [-0.4, -0.2) is 24.7 Å². The number of carbonyl (C=O) groups is 1. The number of rotatable bonds is 3. The van der Waals surface area contributed by atoms with Gasteiger partial charge in [0.2, 0.25) is 0 Å². The maximum Gasteiger partial charge on any atom is 0.328 e. The molecule has 0 fully saturated rings. The Morgan fingerprint density at radius 2 is 1.95 bits per heavy atom. The van der Waals surface area contributed by atoms with Crippen molar-refractivity contribution in [3.05, 3.63) is 28.8 Å². The average Bonchev–Trinajstić information content (AvgIpc) is 2.44. The predicted octanol–water partition coefficient (Wildman–Crippen LogP) is 4.35. The molecule has 0 aromatic heterocycles. The molecule has 0 spiro atoms. The molecule has 0 N–H and O–H groups in total. The van der Waals surface area contributed by atoms with E-state index in [4.69, 9.17) is 4.74 Å². The molecule has 0 radical (unpaired) electrons. The number of hydrogen-bond acceptors (Lipinski definition) is 3. The summed E-state index contributed by atoms with van der Waals surface area (Å²) in [6.45, 7) is 13.1. The highest BCUT2D eigenvalue weighted by atomic mass is 16.5. The quantitative estimate of drug-likeness (QED) is 0.778. The van der Waals surface area contributed by atoms with Crippen LogP contribution in [0.5, 0.6) is 0 Å². The van der Waals surface area contributed by atoms with Crippen molar-refractivity contribution in [1.29, 1.82) is 0 Å². The van der Waals surface area contributed by atoms with E-state index < -0.39 is 0 Å². The van der Waals surface area contributed by atoms with Crippen molar-refractivity contribution in [1.82, 2.24) is 0 Å². The number of anilines is 1. The monoisotopic (exact) mass is 303 g/mol. The number of ether oxygens (including phenoxy) is 1. The van der Waals surface area contributed by atoms with Gasteiger partial charge in [-0.3, -0.25) is 0 Å². The molecule has 0 bridgehead atoms. The van der Waals surface area contributed by atoms with Gasteiger partial charge in [-0.15, -0.1) is 0 Å². The summed E-state index contributed by atoms with van der Waals surface area (Å²) in [6, 6.07) is 4.31. The van der Waals surface area contributed by atoms with Gasteiger partial charge in [-0.25, -0.2) is 4.79 Å². The van der Waals surface area contributed by atoms with E-state index in [1.54, 1.807) is 0 Å². The van der Waals surface area contributed by atoms with Crippen molar-refractivity contribution in [2.75, 3.05) is 12.0 Å². The molecule has 1 aliphatic heterocycles. The Labute approximate surface area is 134 Å². The van der Waals surface area contributed by atoms with Gasteiger partial charge in [-0.1, -0.05) is 19.9 Å². The topological polar surface area (TPSA) is 29.5 Å². The second-order valence-corrected chi connectivity index (χ2v) is 7.23. The zero-order valence-corrected chi connectivity index (χ0v) is 15.0. The molecule has 0 amide bonds. The van der Waals surface area contributed by atoms with Gasteiger partial charge in [0.25, 0.3) is 0 Å². The van der Waals surface area contributed by atoms with Gasteiger partial charge in [0, 0.05) is 11.2 Å². The van der Waals surface area contributed by atoms with Crippen molar-refractivity contribution >= 4 is 11.7 Å². The summed E-state index contributed by atoms with van der Waals surface area (Å²) in [4.78, 5) is 14.6. The first-order valence-corrected chi connectivity index (χ1v) is 8.21. The molecule has 1 heterocycles. The maximum atomic E-state index is 12.3. The van der Waals surface area contributed by atoms with Gasteiger partial charge in [-0.2, -0.15) is 0 Å². The Balaban J connectivity index is 2.63. The summed E-state index contributed by atoms with van der Waals surface area (Å²) in [7, 11) is 1.48. The summed E-state index contributed by atoms with van der Waals surface area (Å²) in [5.41, 5.74) is 5.07. The normalized spacial score (nSPS) is 21.2. The molecule has 22 heavy (non-hydrogen) atoms. The molecule has 3 heteroatoms. The maximum absolute atomic E-state index is 12.3. The molecule has 1 aromatic carbocycles. The van der Waals surface area contributed by atoms with E-state index in [1.165, 1.54) is 29.5 Å². The fourth-order valence-electron chi connectivity index (χ4n) is 3.89. The van der Waals surface area contributed by atoms with Crippen LogP contribution in [0.15, 0.2) is 12.1 Å². The number of benzene rings is 1. The number of methoxy groups -OCH3 is 1. The largest absolute Gasteiger partial charge is 0.467 e. The van der Waals surface area contributed by atoms with Gasteiger partial charge in [0.05, 0.1) is 7.11 Å². The summed E-state index contributed by atoms with van der Waals surface area (Å²) >= 11 is 0. The number of nitrogens with zero attached hydrogens (tertiary/aromatic N) is 1. The van der Waals surface area contributed by atoms with Crippen LogP contribution in [0.3, 0.4) is 0 Å². The van der Waals surface area contributed by atoms with E-state index in [2.05, 4.69) is 58.6 Å². The molecule has 122 valence electrons. The molecule has 0 aliphatic carbocycles. The van der Waals surface area contributed by atoms with Crippen molar-refractivity contribution in [2.24, 2.45) is 0 Å². The zero-order chi connectivity index (χ0) is 16.7. The van der Waals surface area contributed by atoms with Gasteiger partial charge >= 0.3 is 5.97 Å². The number of esters is 1. The molecule has 2 unspecified atom stereocenters. The van der Waals surface area contributed by atoms with Gasteiger partial charge < -0.3 is 9.64 Å². The Morgan fingerprint density at radius 3 is 2.50 bits per heavy atom. The summed E-state index contributed by atoms with van der Waals surface area (Å²) in [5.74, 6) is 0.352. The van der Waals surface area contributed by atoms with Crippen molar-refractivity contribution in [3.8, 4) is 0 Å². The minimum Gasteiger partial charge on any atom is -0.467 e. The number of carbonyl (C=O) groups excluding carboxylic acids is 1. The second-order valence-electron chi connectivity index (χ2n) is 7.23. The molecule has 0 saturated heterocycles. The number of fused-ring (bicyclic) bond motifs is 1. The SMILES string of the molecule is CCC(C(=O)OC)N1c2cc(C)c(C)cc2C(C)CC1(C)C. The van der Waals surface area contributed by atoms with Gasteiger partial charge in [0.1, 0.15) is 6.04 Å². The van der Waals surface area contributed by atoms with Crippen LogP contribution in [0.4, 0.5) is 5.69 Å². The standard InChI is InChI=1S/C19H29NO2/c1-8-16(18(21)22-7)20-17-10-13(3)12(2)9-15(17)14(4)11-19(20,5)6/h9-10,14,16H,8,11H2,1-7H3. The molecule has 1 aromatic rings. The van der Waals surface area contributed by atoms with Crippen LogP contribution in [0.1, 0.15) is 63.1 Å². The van der Waals surface area contributed by atoms with Crippen molar-refractivity contribution in [3.63, 3.8) is 0 Å². The lowest BCUT2D eigenvalue weighted by molar-refractivity contribution is -0.142. The Bertz CT molecular complexity index is 577. The summed E-state index contributed by atoms with van der Waals surface area (Å²) in [5, 5.41) is 0. The third kappa shape index (κ3) is 2.73. The lowest BCUT2D eigenvalue weighted by Gasteiger charge is -2.50. The Kier molecular flexibility index (Phi) is 4.55. The first-order valence-electron chi connectivity index (χ1n) is 8.21. The highest BCUT2D eigenvalue weighted by Crippen LogP contribution is 2.45. The predicted molar refractivity (Wildman–Crippen MR) is 91.6 cm³/mol. The van der Waals surface area contributed by atoms with Crippen LogP contribution < -0.4 is 4.90 Å². The van der Waals surface area contributed by atoms with Crippen LogP contribution in [0, 0.1) is 13.8 Å². The average molecular weight is 303 g/mol. The van der Waals surface area contributed by atoms with E-state index in [1.807, 2.05) is 0 Å². The third-order valence-electron chi connectivity index (χ3n) is 5.06. The van der Waals surface area contributed by atoms with E-state index in [9.17, 15) is 4.79 Å². The van der Waals surface area contributed by atoms with E-state index >= 15 is 0 Å². The molecule has 2 atom stereocenters. The molecule has 1 aliphatic rings. The molecule has 3 nitrogen and oxygen atoms in total. The van der Waals surface area contributed by atoms with Crippen LogP contribution >= 0.6 is 0 Å². The van der Waals surface area contributed by atoms with Gasteiger partial charge in [0.15, 0.2) is 0 Å². The minimum atomic E-state index is -0.228. The molecule has 2 rings (SSSR count). The summed E-state index contributed by atoms with van der Waals surface area (Å²) < 4.78 is 5.07. The van der Waals surface area contributed by atoms with Crippen molar-refractivity contribution in [2.45, 2.75) is 71.9 Å². The van der Waals surface area contributed by atoms with Crippen molar-refractivity contribution < 1.29 is 9.53 Å².